The van der Waals surface area contributed by atoms with E-state index in [4.69, 9.17) is 0 Å². The Hall–Kier alpha value is 0.0700. The number of thiazole rings is 1. The quantitative estimate of drug-likeness (QED) is 0.775. The minimum atomic E-state index is 0.677. The predicted octanol–water partition coefficient (Wildman–Crippen LogP) is 1.59. The summed E-state index contributed by atoms with van der Waals surface area (Å²) in [5.74, 6) is 0.677. The zero-order chi connectivity index (χ0) is 6.97. The van der Waals surface area contributed by atoms with E-state index in [1.54, 1.807) is 11.3 Å². The molecule has 2 heterocycles. The van der Waals surface area contributed by atoms with E-state index in [0.717, 1.165) is 17.7 Å². The lowest BCUT2D eigenvalue weighted by Crippen LogP contribution is -2.39. The van der Waals surface area contributed by atoms with Crippen molar-refractivity contribution >= 4 is 27.3 Å². The summed E-state index contributed by atoms with van der Waals surface area (Å²) < 4.78 is 0.972. The van der Waals surface area contributed by atoms with Crippen molar-refractivity contribution in [3.05, 3.63) is 15.0 Å². The van der Waals surface area contributed by atoms with Crippen LogP contribution in [0.1, 0.15) is 10.9 Å². The molecule has 0 aromatic carbocycles. The second kappa shape index (κ2) is 2.60. The third-order valence-corrected chi connectivity index (χ3v) is 3.34. The lowest BCUT2D eigenvalue weighted by Gasteiger charge is -2.24. The molecule has 0 atom stereocenters. The number of nitrogens with zero attached hydrogens (tertiary/aromatic N) is 1. The van der Waals surface area contributed by atoms with E-state index in [1.807, 2.05) is 5.38 Å². The monoisotopic (exact) mass is 218 g/mol. The Bertz CT molecular complexity index is 231. The molecule has 0 saturated carbocycles. The largest absolute Gasteiger partial charge is 0.315 e. The van der Waals surface area contributed by atoms with Crippen LogP contribution in [0.4, 0.5) is 0 Å². The molecule has 1 saturated heterocycles. The fraction of sp³-hybridized carbons (Fsp3) is 0.500. The summed E-state index contributed by atoms with van der Waals surface area (Å²) in [5, 5.41) is 6.51. The molecule has 0 aliphatic carbocycles. The molecule has 2 rings (SSSR count). The molecule has 1 aromatic heterocycles. The fourth-order valence-electron chi connectivity index (χ4n) is 0.918. The molecule has 1 aromatic rings. The predicted molar refractivity (Wildman–Crippen MR) is 45.4 cm³/mol. The summed E-state index contributed by atoms with van der Waals surface area (Å²) in [6, 6.07) is 0. The third kappa shape index (κ3) is 1.11. The first kappa shape index (κ1) is 6.76. The first-order valence-electron chi connectivity index (χ1n) is 3.18. The van der Waals surface area contributed by atoms with E-state index in [9.17, 15) is 0 Å². The average molecular weight is 219 g/mol. The van der Waals surface area contributed by atoms with Gasteiger partial charge in [0.05, 0.1) is 5.01 Å². The van der Waals surface area contributed by atoms with Gasteiger partial charge >= 0.3 is 0 Å². The van der Waals surface area contributed by atoms with Gasteiger partial charge in [-0.3, -0.25) is 0 Å². The van der Waals surface area contributed by atoms with Crippen LogP contribution in [0, 0.1) is 0 Å². The van der Waals surface area contributed by atoms with Crippen molar-refractivity contribution in [2.75, 3.05) is 13.1 Å². The Morgan fingerprint density at radius 1 is 1.70 bits per heavy atom. The lowest BCUT2D eigenvalue weighted by molar-refractivity contribution is 0.446. The number of hydrogen-bond donors (Lipinski definition) is 1. The van der Waals surface area contributed by atoms with E-state index < -0.39 is 0 Å². The van der Waals surface area contributed by atoms with Crippen molar-refractivity contribution in [2.24, 2.45) is 0 Å². The van der Waals surface area contributed by atoms with Crippen LogP contribution in [0.25, 0.3) is 0 Å². The van der Waals surface area contributed by atoms with Gasteiger partial charge in [0, 0.05) is 24.4 Å². The molecule has 0 spiro atoms. The van der Waals surface area contributed by atoms with Gasteiger partial charge in [-0.25, -0.2) is 4.98 Å². The molecule has 0 radical (unpaired) electrons. The van der Waals surface area contributed by atoms with Gasteiger partial charge in [-0.2, -0.15) is 0 Å². The van der Waals surface area contributed by atoms with Gasteiger partial charge in [-0.15, -0.1) is 11.3 Å². The number of aromatic nitrogens is 1. The molecule has 0 bridgehead atoms. The number of hydrogen-bond acceptors (Lipinski definition) is 3. The van der Waals surface area contributed by atoms with E-state index in [2.05, 4.69) is 26.2 Å². The van der Waals surface area contributed by atoms with Gasteiger partial charge in [0.1, 0.15) is 4.60 Å². The fourth-order valence-corrected chi connectivity index (χ4v) is 2.29. The van der Waals surface area contributed by atoms with Crippen molar-refractivity contribution in [2.45, 2.75) is 5.92 Å². The van der Waals surface area contributed by atoms with Crippen LogP contribution in [0.15, 0.2) is 9.98 Å². The molecule has 1 aliphatic heterocycles. The number of rotatable bonds is 1. The minimum Gasteiger partial charge on any atom is -0.315 e. The van der Waals surface area contributed by atoms with Crippen molar-refractivity contribution < 1.29 is 0 Å². The van der Waals surface area contributed by atoms with Crippen LogP contribution in [-0.2, 0) is 0 Å². The van der Waals surface area contributed by atoms with Crippen LogP contribution in [0.2, 0.25) is 0 Å². The molecule has 0 amide bonds. The maximum atomic E-state index is 4.33. The van der Waals surface area contributed by atoms with Gasteiger partial charge in [0.15, 0.2) is 0 Å². The van der Waals surface area contributed by atoms with Crippen LogP contribution < -0.4 is 5.32 Å². The standard InChI is InChI=1S/C6H7BrN2S/c7-5-3-10-6(9-5)4-1-8-2-4/h3-4,8H,1-2H2. The molecule has 54 valence electrons. The molecule has 1 N–H and O–H groups in total. The van der Waals surface area contributed by atoms with E-state index in [0.29, 0.717) is 5.92 Å². The Balaban J connectivity index is 2.17. The average Bonchev–Trinajstić information content (AvgIpc) is 2.10. The summed E-state index contributed by atoms with van der Waals surface area (Å²) in [7, 11) is 0. The Kier molecular flexibility index (Phi) is 1.76. The van der Waals surface area contributed by atoms with E-state index in [1.165, 1.54) is 5.01 Å². The molecule has 1 fully saturated rings. The van der Waals surface area contributed by atoms with Crippen molar-refractivity contribution in [1.29, 1.82) is 0 Å². The van der Waals surface area contributed by atoms with Gasteiger partial charge < -0.3 is 5.32 Å². The highest BCUT2D eigenvalue weighted by Gasteiger charge is 2.21. The maximum absolute atomic E-state index is 4.33. The summed E-state index contributed by atoms with van der Waals surface area (Å²) in [6.07, 6.45) is 0. The topological polar surface area (TPSA) is 24.9 Å². The highest BCUT2D eigenvalue weighted by molar-refractivity contribution is 9.10. The second-order valence-corrected chi connectivity index (χ2v) is 4.07. The third-order valence-electron chi connectivity index (χ3n) is 1.62. The normalized spacial score (nSPS) is 18.9. The van der Waals surface area contributed by atoms with Crippen molar-refractivity contribution in [1.82, 2.24) is 10.3 Å². The molecule has 1 aliphatic rings. The van der Waals surface area contributed by atoms with Crippen molar-refractivity contribution in [3.63, 3.8) is 0 Å². The van der Waals surface area contributed by atoms with Crippen LogP contribution in [-0.4, -0.2) is 18.1 Å². The second-order valence-electron chi connectivity index (χ2n) is 2.36. The maximum Gasteiger partial charge on any atom is 0.117 e. The zero-order valence-corrected chi connectivity index (χ0v) is 7.70. The molecular weight excluding hydrogens is 212 g/mol. The summed E-state index contributed by atoms with van der Waals surface area (Å²) >= 11 is 5.07. The van der Waals surface area contributed by atoms with E-state index >= 15 is 0 Å². The van der Waals surface area contributed by atoms with Gasteiger partial charge in [0.25, 0.3) is 0 Å². The van der Waals surface area contributed by atoms with E-state index in [-0.39, 0.29) is 0 Å². The molecule has 2 nitrogen and oxygen atoms in total. The molecule has 0 unspecified atom stereocenters. The van der Waals surface area contributed by atoms with Crippen LogP contribution >= 0.6 is 27.3 Å². The molecule has 4 heteroatoms. The smallest absolute Gasteiger partial charge is 0.117 e. The minimum absolute atomic E-state index is 0.677. The molecular formula is C6H7BrN2S. The van der Waals surface area contributed by atoms with Crippen molar-refractivity contribution in [3.8, 4) is 0 Å². The zero-order valence-electron chi connectivity index (χ0n) is 5.30. The summed E-state index contributed by atoms with van der Waals surface area (Å²) in [4.78, 5) is 4.33. The van der Waals surface area contributed by atoms with Gasteiger partial charge in [0.2, 0.25) is 0 Å². The Morgan fingerprint density at radius 3 is 2.90 bits per heavy atom. The first-order chi connectivity index (χ1) is 4.86. The van der Waals surface area contributed by atoms with Crippen LogP contribution in [0.5, 0.6) is 0 Å². The SMILES string of the molecule is Brc1csc(C2CNC2)n1. The Labute approximate surface area is 71.8 Å². The summed E-state index contributed by atoms with van der Waals surface area (Å²) in [5.41, 5.74) is 0. The lowest BCUT2D eigenvalue weighted by atomic mass is 10.1. The highest BCUT2D eigenvalue weighted by atomic mass is 79.9. The first-order valence-corrected chi connectivity index (χ1v) is 4.85. The number of halogens is 1. The summed E-state index contributed by atoms with van der Waals surface area (Å²) in [6.45, 7) is 2.19. The number of nitrogens with one attached hydrogen (secondary N) is 1. The highest BCUT2D eigenvalue weighted by Crippen LogP contribution is 2.25. The van der Waals surface area contributed by atoms with Gasteiger partial charge in [-0.1, -0.05) is 0 Å². The van der Waals surface area contributed by atoms with Gasteiger partial charge in [-0.05, 0) is 15.9 Å². The molecule has 10 heavy (non-hydrogen) atoms. The van der Waals surface area contributed by atoms with Crippen LogP contribution in [0.3, 0.4) is 0 Å². The Morgan fingerprint density at radius 2 is 2.50 bits per heavy atom.